The number of nitrogens with one attached hydrogen (secondary N) is 2. The van der Waals surface area contributed by atoms with Crippen LogP contribution in [0, 0.1) is 5.41 Å². The van der Waals surface area contributed by atoms with Crippen LogP contribution in [0.1, 0.15) is 31.4 Å². The van der Waals surface area contributed by atoms with Gasteiger partial charge in [0.1, 0.15) is 22.8 Å². The summed E-state index contributed by atoms with van der Waals surface area (Å²) in [5.74, 6) is 1.94. The zero-order valence-corrected chi connectivity index (χ0v) is 18.9. The maximum absolute atomic E-state index is 5.44. The highest BCUT2D eigenvalue weighted by Crippen LogP contribution is 2.45. The third-order valence-electron chi connectivity index (χ3n) is 6.39. The summed E-state index contributed by atoms with van der Waals surface area (Å²) >= 11 is 1.70. The smallest absolute Gasteiger partial charge is 0.147 e. The normalized spacial score (nSPS) is 19.2. The number of anilines is 2. The Morgan fingerprint density at radius 3 is 2.80 bits per heavy atom. The van der Waals surface area contributed by atoms with Crippen LogP contribution in [-0.4, -0.2) is 66.3 Å². The molecule has 4 heterocycles. The van der Waals surface area contributed by atoms with Gasteiger partial charge in [-0.3, -0.25) is 4.90 Å². The fraction of sp³-hybridized carbons (Fsp3) is 0.591. The molecule has 0 aromatic carbocycles. The van der Waals surface area contributed by atoms with Crippen LogP contribution < -0.4 is 10.6 Å². The second-order valence-electron chi connectivity index (χ2n) is 9.07. The number of fused-ring (bicyclic) bond motifs is 5. The molecular formula is C22H30N6OS. The monoisotopic (exact) mass is 426 g/mol. The number of nitrogens with zero attached hydrogens (tertiary/aromatic N) is 4. The molecule has 7 nitrogen and oxygen atoms in total. The Labute approximate surface area is 181 Å². The highest BCUT2D eigenvalue weighted by molar-refractivity contribution is 7.26. The molecule has 0 amide bonds. The summed E-state index contributed by atoms with van der Waals surface area (Å²) in [5.41, 5.74) is 4.13. The molecule has 5 rings (SSSR count). The van der Waals surface area contributed by atoms with Crippen molar-refractivity contribution in [3.05, 3.63) is 17.5 Å². The van der Waals surface area contributed by atoms with Crippen molar-refractivity contribution < 1.29 is 4.74 Å². The van der Waals surface area contributed by atoms with Crippen molar-refractivity contribution in [3.63, 3.8) is 0 Å². The lowest BCUT2D eigenvalue weighted by molar-refractivity contribution is 0.0398. The first kappa shape index (κ1) is 19.9. The van der Waals surface area contributed by atoms with Crippen LogP contribution in [0.25, 0.3) is 20.4 Å². The highest BCUT2D eigenvalue weighted by Gasteiger charge is 2.30. The number of rotatable bonds is 5. The molecule has 2 aliphatic rings. The zero-order chi connectivity index (χ0) is 20.7. The van der Waals surface area contributed by atoms with Crippen LogP contribution in [0.4, 0.5) is 11.6 Å². The zero-order valence-electron chi connectivity index (χ0n) is 18.0. The van der Waals surface area contributed by atoms with E-state index in [-0.39, 0.29) is 0 Å². The Balaban J connectivity index is 1.52. The van der Waals surface area contributed by atoms with Gasteiger partial charge in [0.15, 0.2) is 0 Å². The van der Waals surface area contributed by atoms with E-state index in [1.807, 2.05) is 7.05 Å². The number of hydrogen-bond acceptors (Lipinski definition) is 8. The van der Waals surface area contributed by atoms with Crippen molar-refractivity contribution >= 4 is 43.4 Å². The molecule has 2 N–H and O–H groups in total. The molecule has 30 heavy (non-hydrogen) atoms. The van der Waals surface area contributed by atoms with Crippen LogP contribution in [0.15, 0.2) is 6.33 Å². The minimum atomic E-state index is 0.298. The van der Waals surface area contributed by atoms with Crippen LogP contribution >= 0.6 is 11.3 Å². The van der Waals surface area contributed by atoms with Gasteiger partial charge in [-0.15, -0.1) is 11.3 Å². The number of hydrogen-bond donors (Lipinski definition) is 2. The van der Waals surface area contributed by atoms with E-state index in [2.05, 4.69) is 34.4 Å². The van der Waals surface area contributed by atoms with Crippen molar-refractivity contribution in [1.29, 1.82) is 0 Å². The van der Waals surface area contributed by atoms with Gasteiger partial charge >= 0.3 is 0 Å². The minimum Gasteiger partial charge on any atom is -0.379 e. The molecule has 1 aliphatic carbocycles. The number of aromatic nitrogens is 3. The van der Waals surface area contributed by atoms with Crippen LogP contribution in [0.3, 0.4) is 0 Å². The molecule has 8 heteroatoms. The van der Waals surface area contributed by atoms with Crippen molar-refractivity contribution in [2.24, 2.45) is 5.41 Å². The first-order valence-corrected chi connectivity index (χ1v) is 11.7. The molecule has 0 spiro atoms. The summed E-state index contributed by atoms with van der Waals surface area (Å²) in [6.45, 7) is 10.2. The Bertz CT molecular complexity index is 1070. The Hall–Kier alpha value is -2.03. The van der Waals surface area contributed by atoms with Gasteiger partial charge in [-0.25, -0.2) is 15.0 Å². The van der Waals surface area contributed by atoms with Crippen molar-refractivity contribution in [3.8, 4) is 0 Å². The minimum absolute atomic E-state index is 0.298. The maximum Gasteiger partial charge on any atom is 0.147 e. The molecular weight excluding hydrogens is 396 g/mol. The molecule has 1 fully saturated rings. The lowest BCUT2D eigenvalue weighted by Crippen LogP contribution is -2.39. The number of thiophene rings is 1. The van der Waals surface area contributed by atoms with Gasteiger partial charge < -0.3 is 15.4 Å². The molecule has 160 valence electrons. The van der Waals surface area contributed by atoms with Gasteiger partial charge in [-0.2, -0.15) is 0 Å². The van der Waals surface area contributed by atoms with Crippen LogP contribution in [-0.2, 0) is 17.6 Å². The standard InChI is InChI=1S/C22H30N6OS/c1-22(2)5-4-14-15(12-22)16-17-18(30-21(16)27-19(14)23-3)20(26-13-25-17)24-6-7-28-8-10-29-11-9-28/h13H,4-12H2,1-3H3,(H,23,27)(H,24,25,26). The van der Waals surface area contributed by atoms with E-state index in [4.69, 9.17) is 14.7 Å². The van der Waals surface area contributed by atoms with Crippen molar-refractivity contribution in [1.82, 2.24) is 19.9 Å². The average molecular weight is 427 g/mol. The largest absolute Gasteiger partial charge is 0.379 e. The molecule has 0 bridgehead atoms. The Morgan fingerprint density at radius 2 is 2.00 bits per heavy atom. The van der Waals surface area contributed by atoms with E-state index >= 15 is 0 Å². The van der Waals surface area contributed by atoms with Gasteiger partial charge in [0.05, 0.1) is 23.4 Å². The van der Waals surface area contributed by atoms with Gasteiger partial charge in [-0.1, -0.05) is 13.8 Å². The quantitative estimate of drug-likeness (QED) is 0.646. The van der Waals surface area contributed by atoms with Gasteiger partial charge in [0.2, 0.25) is 0 Å². The van der Waals surface area contributed by atoms with Crippen molar-refractivity contribution in [2.75, 3.05) is 57.1 Å². The third kappa shape index (κ3) is 3.61. The molecule has 0 unspecified atom stereocenters. The van der Waals surface area contributed by atoms with E-state index in [1.165, 1.54) is 22.9 Å². The predicted octanol–water partition coefficient (Wildman–Crippen LogP) is 3.54. The van der Waals surface area contributed by atoms with E-state index in [0.29, 0.717) is 5.41 Å². The van der Waals surface area contributed by atoms with Crippen LogP contribution in [0.2, 0.25) is 0 Å². The molecule has 3 aromatic heterocycles. The fourth-order valence-electron chi connectivity index (χ4n) is 4.70. The summed E-state index contributed by atoms with van der Waals surface area (Å²) in [4.78, 5) is 17.7. The average Bonchev–Trinajstić information content (AvgIpc) is 3.13. The summed E-state index contributed by atoms with van der Waals surface area (Å²) in [5, 5.41) is 8.12. The van der Waals surface area contributed by atoms with Gasteiger partial charge in [0, 0.05) is 38.6 Å². The highest BCUT2D eigenvalue weighted by atomic mass is 32.1. The number of pyridine rings is 1. The lowest BCUT2D eigenvalue weighted by atomic mass is 9.74. The third-order valence-corrected chi connectivity index (χ3v) is 7.47. The molecule has 0 atom stereocenters. The molecule has 0 radical (unpaired) electrons. The van der Waals surface area contributed by atoms with Gasteiger partial charge in [-0.05, 0) is 35.8 Å². The van der Waals surface area contributed by atoms with E-state index in [9.17, 15) is 0 Å². The topological polar surface area (TPSA) is 75.2 Å². The van der Waals surface area contributed by atoms with Gasteiger partial charge in [0.25, 0.3) is 0 Å². The first-order valence-electron chi connectivity index (χ1n) is 10.9. The van der Waals surface area contributed by atoms with E-state index in [1.54, 1.807) is 17.7 Å². The summed E-state index contributed by atoms with van der Waals surface area (Å²) in [7, 11) is 1.97. The summed E-state index contributed by atoms with van der Waals surface area (Å²) in [6.07, 6.45) is 5.01. The SMILES string of the molecule is CNc1nc2sc3c(NCCN4CCOCC4)ncnc3c2c2c1CCC(C)(C)C2. The Kier molecular flexibility index (Phi) is 5.24. The van der Waals surface area contributed by atoms with E-state index in [0.717, 1.165) is 78.9 Å². The molecule has 0 saturated carbocycles. The second-order valence-corrected chi connectivity index (χ2v) is 10.1. The number of morpholine rings is 1. The van der Waals surface area contributed by atoms with Crippen molar-refractivity contribution in [2.45, 2.75) is 33.1 Å². The molecule has 1 aliphatic heterocycles. The molecule has 3 aromatic rings. The fourth-order valence-corrected chi connectivity index (χ4v) is 5.82. The van der Waals surface area contributed by atoms with E-state index < -0.39 is 0 Å². The summed E-state index contributed by atoms with van der Waals surface area (Å²) in [6, 6.07) is 0. The molecule has 1 saturated heterocycles. The second kappa shape index (κ2) is 7.90. The first-order chi connectivity index (χ1) is 14.6. The van der Waals surface area contributed by atoms with Crippen LogP contribution in [0.5, 0.6) is 0 Å². The lowest BCUT2D eigenvalue weighted by Gasteiger charge is -2.32. The maximum atomic E-state index is 5.44. The Morgan fingerprint density at radius 1 is 1.17 bits per heavy atom. The summed E-state index contributed by atoms with van der Waals surface area (Å²) < 4.78 is 6.55. The predicted molar refractivity (Wildman–Crippen MR) is 124 cm³/mol. The number of ether oxygens (including phenoxy) is 1.